The normalized spacial score (nSPS) is 25.8. The van der Waals surface area contributed by atoms with Crippen molar-refractivity contribution in [3.05, 3.63) is 46.2 Å². The molecule has 2 atom stereocenters. The topological polar surface area (TPSA) is 167 Å². The summed E-state index contributed by atoms with van der Waals surface area (Å²) >= 11 is 0. The van der Waals surface area contributed by atoms with E-state index >= 15 is 0 Å². The highest BCUT2D eigenvalue weighted by Gasteiger charge is 2.57. The number of primary amides is 1. The van der Waals surface area contributed by atoms with Crippen LogP contribution in [0.4, 0.5) is 0 Å². The molecule has 0 unspecified atom stereocenters. The summed E-state index contributed by atoms with van der Waals surface area (Å²) in [6.45, 7) is 1.18. The van der Waals surface area contributed by atoms with Gasteiger partial charge in [0.1, 0.15) is 22.8 Å². The van der Waals surface area contributed by atoms with E-state index in [9.17, 15) is 34.8 Å². The van der Waals surface area contributed by atoms with Crippen LogP contribution in [0.25, 0.3) is 10.8 Å². The van der Waals surface area contributed by atoms with Gasteiger partial charge in [-0.05, 0) is 53.8 Å². The Balaban J connectivity index is 1.74. The van der Waals surface area contributed by atoms with E-state index in [0.29, 0.717) is 24.2 Å². The van der Waals surface area contributed by atoms with Gasteiger partial charge in [-0.3, -0.25) is 14.4 Å². The molecule has 1 heterocycles. The first-order valence-electron chi connectivity index (χ1n) is 10.8. The first-order chi connectivity index (χ1) is 15.7. The molecule has 3 aliphatic rings. The molecule has 6 N–H and O–H groups in total. The van der Waals surface area contributed by atoms with Crippen molar-refractivity contribution >= 4 is 28.2 Å². The average Bonchev–Trinajstić information content (AvgIpc) is 2.76. The Morgan fingerprint density at radius 1 is 1.09 bits per heavy atom. The van der Waals surface area contributed by atoms with Crippen LogP contribution < -0.4 is 5.73 Å². The highest BCUT2D eigenvalue weighted by Crippen LogP contribution is 2.50. The number of Topliss-reactive ketones (excluding diaryl/α,β-unsaturated/α-hetero) is 2. The number of aliphatic hydroxyl groups is 2. The van der Waals surface area contributed by atoms with E-state index in [2.05, 4.69) is 0 Å². The van der Waals surface area contributed by atoms with Gasteiger partial charge < -0.3 is 30.9 Å². The molecule has 9 nitrogen and oxygen atoms in total. The van der Waals surface area contributed by atoms with Gasteiger partial charge in [-0.25, -0.2) is 0 Å². The molecule has 2 aromatic carbocycles. The maximum atomic E-state index is 13.5. The Labute approximate surface area is 188 Å². The van der Waals surface area contributed by atoms with Gasteiger partial charge in [-0.2, -0.15) is 0 Å². The van der Waals surface area contributed by atoms with Gasteiger partial charge in [-0.15, -0.1) is 0 Å². The van der Waals surface area contributed by atoms with Crippen molar-refractivity contribution < 1.29 is 39.5 Å². The molecule has 9 heteroatoms. The molecule has 1 fully saturated rings. The SMILES string of the molecule is NC(=O)C1=C(O)[C@@]2(O)C(=O)c3c(cc4c(C5CCOCC5)ccc(O)c4c3O)C[C@H]2CC1=O. The van der Waals surface area contributed by atoms with Gasteiger partial charge in [0.15, 0.2) is 11.4 Å². The molecule has 1 amide bonds. The van der Waals surface area contributed by atoms with Crippen LogP contribution in [0.15, 0.2) is 29.5 Å². The average molecular weight is 453 g/mol. The fourth-order valence-electron chi connectivity index (χ4n) is 5.54. The molecule has 1 aliphatic heterocycles. The van der Waals surface area contributed by atoms with Crippen LogP contribution >= 0.6 is 0 Å². The van der Waals surface area contributed by atoms with Crippen LogP contribution in [0.2, 0.25) is 0 Å². The molecule has 2 aliphatic carbocycles. The first kappa shape index (κ1) is 21.4. The molecular formula is C24H23NO8. The lowest BCUT2D eigenvalue weighted by atomic mass is 9.64. The monoisotopic (exact) mass is 453 g/mol. The molecule has 33 heavy (non-hydrogen) atoms. The number of phenols is 2. The number of hydrogen-bond acceptors (Lipinski definition) is 8. The smallest absolute Gasteiger partial charge is 0.255 e. The molecule has 5 rings (SSSR count). The number of carbonyl (C=O) groups is 3. The van der Waals surface area contributed by atoms with E-state index in [1.54, 1.807) is 12.1 Å². The number of amides is 1. The second kappa shape index (κ2) is 7.29. The molecule has 0 bridgehead atoms. The van der Waals surface area contributed by atoms with E-state index < -0.39 is 46.1 Å². The highest BCUT2D eigenvalue weighted by molar-refractivity contribution is 6.23. The number of nitrogens with two attached hydrogens (primary N) is 1. The van der Waals surface area contributed by atoms with E-state index in [1.807, 2.05) is 0 Å². The Bertz CT molecular complexity index is 1270. The lowest BCUT2D eigenvalue weighted by Crippen LogP contribution is -2.56. The van der Waals surface area contributed by atoms with E-state index in [4.69, 9.17) is 10.5 Å². The second-order valence-corrected chi connectivity index (χ2v) is 8.95. The van der Waals surface area contributed by atoms with Gasteiger partial charge in [0.05, 0.1) is 10.9 Å². The summed E-state index contributed by atoms with van der Waals surface area (Å²) in [4.78, 5) is 37.6. The molecule has 0 spiro atoms. The van der Waals surface area contributed by atoms with Crippen molar-refractivity contribution in [3.8, 4) is 11.5 Å². The van der Waals surface area contributed by atoms with Crippen LogP contribution in [0.5, 0.6) is 11.5 Å². The van der Waals surface area contributed by atoms with Gasteiger partial charge in [-0.1, -0.05) is 6.07 Å². The number of rotatable bonds is 2. The minimum absolute atomic E-state index is 0.00815. The minimum atomic E-state index is -2.58. The van der Waals surface area contributed by atoms with Gasteiger partial charge in [0.2, 0.25) is 5.78 Å². The third-order valence-electron chi connectivity index (χ3n) is 7.22. The number of hydrogen-bond donors (Lipinski definition) is 5. The summed E-state index contributed by atoms with van der Waals surface area (Å²) in [5, 5.41) is 44.1. The van der Waals surface area contributed by atoms with E-state index in [-0.39, 0.29) is 35.5 Å². The van der Waals surface area contributed by atoms with Crippen LogP contribution in [0.3, 0.4) is 0 Å². The number of fused-ring (bicyclic) bond motifs is 3. The largest absolute Gasteiger partial charge is 0.508 e. The van der Waals surface area contributed by atoms with Crippen LogP contribution in [-0.4, -0.2) is 56.7 Å². The first-order valence-corrected chi connectivity index (χ1v) is 10.8. The molecule has 0 aromatic heterocycles. The number of ether oxygens (including phenoxy) is 1. The van der Waals surface area contributed by atoms with Crippen molar-refractivity contribution in [2.45, 2.75) is 37.2 Å². The summed E-state index contributed by atoms with van der Waals surface area (Å²) in [6, 6.07) is 4.94. The maximum Gasteiger partial charge on any atom is 0.255 e. The number of ketones is 2. The zero-order chi connectivity index (χ0) is 23.7. The van der Waals surface area contributed by atoms with E-state index in [0.717, 1.165) is 18.4 Å². The molecule has 172 valence electrons. The van der Waals surface area contributed by atoms with Crippen LogP contribution in [0, 0.1) is 5.92 Å². The predicted molar refractivity (Wildman–Crippen MR) is 115 cm³/mol. The second-order valence-electron chi connectivity index (χ2n) is 8.95. The fourth-order valence-corrected chi connectivity index (χ4v) is 5.54. The van der Waals surface area contributed by atoms with Gasteiger partial charge in [0, 0.05) is 25.6 Å². The molecule has 2 aromatic rings. The number of benzene rings is 2. The number of aliphatic hydroxyl groups excluding tert-OH is 1. The molecular weight excluding hydrogens is 430 g/mol. The summed E-state index contributed by atoms with van der Waals surface area (Å²) in [6.07, 6.45) is 1.16. The van der Waals surface area contributed by atoms with Crippen molar-refractivity contribution in [1.82, 2.24) is 0 Å². The number of phenolic OH excluding ortho intramolecular Hbond substituents is 2. The summed E-state index contributed by atoms with van der Waals surface area (Å²) in [5.74, 6) is -5.79. The zero-order valence-corrected chi connectivity index (χ0v) is 17.6. The lowest BCUT2D eigenvalue weighted by molar-refractivity contribution is -0.125. The van der Waals surface area contributed by atoms with Crippen LogP contribution in [0.1, 0.15) is 46.7 Å². The van der Waals surface area contributed by atoms with Crippen molar-refractivity contribution in [2.75, 3.05) is 13.2 Å². The zero-order valence-electron chi connectivity index (χ0n) is 17.6. The summed E-state index contributed by atoms with van der Waals surface area (Å²) in [5.41, 5.74) is 2.83. The maximum absolute atomic E-state index is 13.5. The quantitative estimate of drug-likeness (QED) is 0.426. The third-order valence-corrected chi connectivity index (χ3v) is 7.22. The van der Waals surface area contributed by atoms with Crippen LogP contribution in [-0.2, 0) is 20.7 Å². The van der Waals surface area contributed by atoms with Crippen molar-refractivity contribution in [3.63, 3.8) is 0 Å². The standard InChI is InChI=1S/C24H23NO8/c25-23(31)19-16(27)9-12-7-11-8-14-13(10-3-5-33-6-4-10)1-2-15(26)18(14)20(28)17(11)21(29)24(12,32)22(19)30/h1-2,8,10,12,26,28,30,32H,3-7,9H2,(H2,25,31)/t12-,24-/m0/s1. The number of aromatic hydroxyl groups is 2. The Morgan fingerprint density at radius 2 is 1.79 bits per heavy atom. The molecule has 1 saturated heterocycles. The lowest BCUT2D eigenvalue weighted by Gasteiger charge is -2.41. The fraction of sp³-hybridized carbons (Fsp3) is 0.375. The van der Waals surface area contributed by atoms with Gasteiger partial charge in [0.25, 0.3) is 5.91 Å². The number of carbonyl (C=O) groups excluding carboxylic acids is 3. The summed E-state index contributed by atoms with van der Waals surface area (Å²) < 4.78 is 5.44. The molecule has 0 radical (unpaired) electrons. The third kappa shape index (κ3) is 2.89. The minimum Gasteiger partial charge on any atom is -0.508 e. The van der Waals surface area contributed by atoms with Gasteiger partial charge >= 0.3 is 0 Å². The predicted octanol–water partition coefficient (Wildman–Crippen LogP) is 1.50. The Kier molecular flexibility index (Phi) is 4.73. The van der Waals surface area contributed by atoms with E-state index in [1.165, 1.54) is 6.07 Å². The summed E-state index contributed by atoms with van der Waals surface area (Å²) in [7, 11) is 0. The molecule has 0 saturated carbocycles. The highest BCUT2D eigenvalue weighted by atomic mass is 16.5. The Morgan fingerprint density at radius 3 is 2.45 bits per heavy atom. The Hall–Kier alpha value is -3.43. The van der Waals surface area contributed by atoms with Crippen molar-refractivity contribution in [1.29, 1.82) is 0 Å². The van der Waals surface area contributed by atoms with Crippen molar-refractivity contribution in [2.24, 2.45) is 11.7 Å².